The van der Waals surface area contributed by atoms with Gasteiger partial charge in [0.15, 0.2) is 18.1 Å². The van der Waals surface area contributed by atoms with Crippen LogP contribution in [0.4, 0.5) is 0 Å². The van der Waals surface area contributed by atoms with Gasteiger partial charge < -0.3 is 19.9 Å². The molecular formula is C23H25N5O4. The van der Waals surface area contributed by atoms with Crippen LogP contribution in [0.5, 0.6) is 11.5 Å². The lowest BCUT2D eigenvalue weighted by Crippen LogP contribution is -2.38. The van der Waals surface area contributed by atoms with Gasteiger partial charge in [0, 0.05) is 37.6 Å². The number of methoxy groups -OCH3 is 1. The summed E-state index contributed by atoms with van der Waals surface area (Å²) < 4.78 is 16.8. The molecule has 0 spiro atoms. The number of pyridine rings is 1. The van der Waals surface area contributed by atoms with Crippen molar-refractivity contribution >= 4 is 5.91 Å². The van der Waals surface area contributed by atoms with Gasteiger partial charge in [-0.1, -0.05) is 12.1 Å². The molecule has 1 aliphatic heterocycles. The van der Waals surface area contributed by atoms with Crippen LogP contribution in [0.2, 0.25) is 0 Å². The van der Waals surface area contributed by atoms with E-state index in [1.165, 1.54) is 6.33 Å². The Kier molecular flexibility index (Phi) is 6.88. The number of ether oxygens (including phenoxy) is 3. The number of amides is 1. The Morgan fingerprint density at radius 2 is 2.06 bits per heavy atom. The summed E-state index contributed by atoms with van der Waals surface area (Å²) in [6.45, 7) is 2.66. The van der Waals surface area contributed by atoms with Crippen molar-refractivity contribution in [2.24, 2.45) is 5.73 Å². The predicted octanol–water partition coefficient (Wildman–Crippen LogP) is 1.98. The van der Waals surface area contributed by atoms with Crippen molar-refractivity contribution in [2.75, 3.05) is 33.4 Å². The van der Waals surface area contributed by atoms with Crippen molar-refractivity contribution in [3.05, 3.63) is 66.4 Å². The highest BCUT2D eigenvalue weighted by Crippen LogP contribution is 2.30. The minimum Gasteiger partial charge on any atom is -0.493 e. The Morgan fingerprint density at radius 1 is 1.22 bits per heavy atom. The van der Waals surface area contributed by atoms with Crippen LogP contribution in [0.1, 0.15) is 17.4 Å². The fraction of sp³-hybridized carbons (Fsp3) is 0.304. The number of rotatable bonds is 8. The quantitative estimate of drug-likeness (QED) is 0.572. The predicted molar refractivity (Wildman–Crippen MR) is 117 cm³/mol. The van der Waals surface area contributed by atoms with Crippen LogP contribution in [-0.4, -0.2) is 59.2 Å². The van der Waals surface area contributed by atoms with E-state index in [2.05, 4.69) is 14.9 Å². The van der Waals surface area contributed by atoms with Crippen molar-refractivity contribution in [1.82, 2.24) is 19.9 Å². The minimum atomic E-state index is -0.534. The van der Waals surface area contributed by atoms with Crippen LogP contribution in [0.25, 0.3) is 11.3 Å². The van der Waals surface area contributed by atoms with Gasteiger partial charge in [-0.25, -0.2) is 15.0 Å². The summed E-state index contributed by atoms with van der Waals surface area (Å²) in [5.41, 5.74) is 8.79. The summed E-state index contributed by atoms with van der Waals surface area (Å²) in [5, 5.41) is 0. The van der Waals surface area contributed by atoms with Gasteiger partial charge in [-0.15, -0.1) is 0 Å². The molecule has 0 radical (unpaired) electrons. The van der Waals surface area contributed by atoms with Crippen molar-refractivity contribution in [3.63, 3.8) is 0 Å². The van der Waals surface area contributed by atoms with Gasteiger partial charge in [0.25, 0.3) is 5.91 Å². The number of carbonyl (C=O) groups excluding carboxylic acids is 1. The first-order valence-electron chi connectivity index (χ1n) is 10.3. The molecule has 1 amide bonds. The number of hydrogen-bond acceptors (Lipinski definition) is 8. The molecule has 9 heteroatoms. The number of nitrogens with two attached hydrogens (primary N) is 1. The third kappa shape index (κ3) is 5.37. The Morgan fingerprint density at radius 3 is 2.84 bits per heavy atom. The summed E-state index contributed by atoms with van der Waals surface area (Å²) >= 11 is 0. The second-order valence-electron chi connectivity index (χ2n) is 7.41. The number of nitrogens with zero attached hydrogens (tertiary/aromatic N) is 4. The molecule has 1 aromatic carbocycles. The maximum absolute atomic E-state index is 11.0. The second-order valence-corrected chi connectivity index (χ2v) is 7.41. The first kappa shape index (κ1) is 21.7. The lowest BCUT2D eigenvalue weighted by Gasteiger charge is -2.32. The van der Waals surface area contributed by atoms with Gasteiger partial charge >= 0.3 is 0 Å². The topological polar surface area (TPSA) is 113 Å². The second kappa shape index (κ2) is 10.2. The van der Waals surface area contributed by atoms with E-state index in [1.54, 1.807) is 25.6 Å². The summed E-state index contributed by atoms with van der Waals surface area (Å²) in [4.78, 5) is 26.2. The Balaban J connectivity index is 1.44. The van der Waals surface area contributed by atoms with Crippen LogP contribution in [0.3, 0.4) is 0 Å². The normalized spacial score (nSPS) is 16.5. The number of carbonyl (C=O) groups is 1. The number of morpholine rings is 1. The van der Waals surface area contributed by atoms with Gasteiger partial charge in [-0.2, -0.15) is 0 Å². The zero-order valence-corrected chi connectivity index (χ0v) is 17.8. The van der Waals surface area contributed by atoms with Gasteiger partial charge in [0.1, 0.15) is 12.4 Å². The highest BCUT2D eigenvalue weighted by molar-refractivity contribution is 5.75. The lowest BCUT2D eigenvalue weighted by atomic mass is 10.1. The monoisotopic (exact) mass is 435 g/mol. The molecule has 0 bridgehead atoms. The lowest BCUT2D eigenvalue weighted by molar-refractivity contribution is -0.119. The SMILES string of the molecule is COc1cc(CN2CCO[C@@H](c3cccc(-c4cncnc4)n3)C2)ccc1OCC(N)=O. The van der Waals surface area contributed by atoms with E-state index in [1.807, 2.05) is 30.3 Å². The molecule has 2 aromatic heterocycles. The molecule has 9 nitrogen and oxygen atoms in total. The molecule has 1 saturated heterocycles. The summed E-state index contributed by atoms with van der Waals surface area (Å²) in [6, 6.07) is 11.6. The maximum Gasteiger partial charge on any atom is 0.255 e. The van der Waals surface area contributed by atoms with E-state index in [-0.39, 0.29) is 12.7 Å². The molecule has 3 heterocycles. The van der Waals surface area contributed by atoms with Gasteiger partial charge in [-0.3, -0.25) is 9.69 Å². The Labute approximate surface area is 186 Å². The van der Waals surface area contributed by atoms with E-state index in [0.717, 1.165) is 35.6 Å². The number of primary amides is 1. The number of hydrogen-bond donors (Lipinski definition) is 1. The molecule has 2 N–H and O–H groups in total. The molecule has 0 aliphatic carbocycles. The largest absolute Gasteiger partial charge is 0.493 e. The molecule has 1 fully saturated rings. The van der Waals surface area contributed by atoms with E-state index >= 15 is 0 Å². The molecule has 0 unspecified atom stereocenters. The third-order valence-electron chi connectivity index (χ3n) is 5.11. The molecule has 1 atom stereocenters. The third-order valence-corrected chi connectivity index (χ3v) is 5.11. The fourth-order valence-electron chi connectivity index (χ4n) is 3.58. The number of aromatic nitrogens is 3. The van der Waals surface area contributed by atoms with Crippen LogP contribution in [-0.2, 0) is 16.1 Å². The van der Waals surface area contributed by atoms with Gasteiger partial charge in [-0.05, 0) is 29.8 Å². The van der Waals surface area contributed by atoms with Crippen molar-refractivity contribution in [1.29, 1.82) is 0 Å². The van der Waals surface area contributed by atoms with Crippen molar-refractivity contribution in [3.8, 4) is 22.8 Å². The average molecular weight is 435 g/mol. The molecule has 4 rings (SSSR count). The molecule has 0 saturated carbocycles. The van der Waals surface area contributed by atoms with Crippen molar-refractivity contribution < 1.29 is 19.0 Å². The molecule has 166 valence electrons. The molecule has 3 aromatic rings. The average Bonchev–Trinajstić information content (AvgIpc) is 2.84. The Hall–Kier alpha value is -3.56. The minimum absolute atomic E-state index is 0.131. The molecule has 1 aliphatic rings. The van der Waals surface area contributed by atoms with Crippen molar-refractivity contribution in [2.45, 2.75) is 12.6 Å². The van der Waals surface area contributed by atoms with E-state index < -0.39 is 5.91 Å². The van der Waals surface area contributed by atoms with Crippen LogP contribution in [0, 0.1) is 0 Å². The highest BCUT2D eigenvalue weighted by atomic mass is 16.5. The van der Waals surface area contributed by atoms with Gasteiger partial charge in [0.2, 0.25) is 0 Å². The smallest absolute Gasteiger partial charge is 0.255 e. The van der Waals surface area contributed by atoms with Gasteiger partial charge in [0.05, 0.1) is 25.1 Å². The van der Waals surface area contributed by atoms with Crippen LogP contribution < -0.4 is 15.2 Å². The maximum atomic E-state index is 11.0. The first-order valence-corrected chi connectivity index (χ1v) is 10.3. The Bertz CT molecular complexity index is 1060. The summed E-state index contributed by atoms with van der Waals surface area (Å²) in [5.74, 6) is 0.516. The number of benzene rings is 1. The zero-order chi connectivity index (χ0) is 22.3. The zero-order valence-electron chi connectivity index (χ0n) is 17.8. The standard InChI is InChI=1S/C23H25N5O4/c1-30-21-9-16(5-6-20(21)32-14-23(24)29)12-28-7-8-31-22(13-28)19-4-2-3-18(27-19)17-10-25-15-26-11-17/h2-6,9-11,15,22H,7-8,12-14H2,1H3,(H2,24,29)/t22-/m1/s1. The summed E-state index contributed by atoms with van der Waals surface area (Å²) in [6.07, 6.45) is 4.86. The van der Waals surface area contributed by atoms with E-state index in [9.17, 15) is 4.79 Å². The van der Waals surface area contributed by atoms with Crippen LogP contribution in [0.15, 0.2) is 55.1 Å². The van der Waals surface area contributed by atoms with E-state index in [0.29, 0.717) is 24.7 Å². The highest BCUT2D eigenvalue weighted by Gasteiger charge is 2.24. The van der Waals surface area contributed by atoms with Crippen LogP contribution >= 0.6 is 0 Å². The first-order chi connectivity index (χ1) is 15.6. The summed E-state index contributed by atoms with van der Waals surface area (Å²) in [7, 11) is 1.57. The molecular weight excluding hydrogens is 410 g/mol. The molecule has 32 heavy (non-hydrogen) atoms. The van der Waals surface area contributed by atoms with E-state index in [4.69, 9.17) is 24.9 Å². The fourth-order valence-corrected chi connectivity index (χ4v) is 3.58.